The Kier molecular flexibility index (Phi) is 5.06. The Morgan fingerprint density at radius 3 is 2.56 bits per heavy atom. The molecule has 0 aliphatic carbocycles. The first kappa shape index (κ1) is 13.3. The van der Waals surface area contributed by atoms with Gasteiger partial charge < -0.3 is 16.2 Å². The third-order valence-corrected chi connectivity index (χ3v) is 2.76. The summed E-state index contributed by atoms with van der Waals surface area (Å²) in [5, 5.41) is 0.611. The van der Waals surface area contributed by atoms with Gasteiger partial charge in [-0.05, 0) is 25.0 Å². The van der Waals surface area contributed by atoms with Gasteiger partial charge in [-0.1, -0.05) is 24.6 Å². The number of hydrogen-bond acceptors (Lipinski definition) is 3. The molecule has 4 N–H and O–H groups in total. The molecule has 0 amide bonds. The van der Waals surface area contributed by atoms with Crippen LogP contribution in [-0.4, -0.2) is 13.2 Å². The third-order valence-electron chi connectivity index (χ3n) is 2.48. The lowest BCUT2D eigenvalue weighted by Gasteiger charge is -2.17. The lowest BCUT2D eigenvalue weighted by Crippen LogP contribution is -2.22. The van der Waals surface area contributed by atoms with Crippen LogP contribution in [0.15, 0.2) is 12.1 Å². The maximum absolute atomic E-state index is 6.17. The van der Waals surface area contributed by atoms with Gasteiger partial charge in [-0.2, -0.15) is 0 Å². The van der Waals surface area contributed by atoms with Gasteiger partial charge in [-0.3, -0.25) is 0 Å². The minimum absolute atomic E-state index is 0.231. The molecule has 0 bridgehead atoms. The van der Waals surface area contributed by atoms with Gasteiger partial charge in [-0.15, -0.1) is 0 Å². The van der Waals surface area contributed by atoms with Crippen LogP contribution in [0.3, 0.4) is 0 Å². The molecule has 4 heteroatoms. The predicted octanol–water partition coefficient (Wildman–Crippen LogP) is 2.26. The maximum Gasteiger partial charge on any atom is 0.142 e. The fourth-order valence-corrected chi connectivity index (χ4v) is 1.88. The molecule has 1 unspecified atom stereocenters. The molecule has 1 aromatic rings. The number of rotatable bonds is 5. The van der Waals surface area contributed by atoms with Gasteiger partial charge in [0.05, 0.1) is 11.6 Å². The summed E-state index contributed by atoms with van der Waals surface area (Å²) in [7, 11) is 0. The number of nitrogens with two attached hydrogens (primary N) is 2. The van der Waals surface area contributed by atoms with Crippen molar-refractivity contribution in [2.45, 2.75) is 26.3 Å². The van der Waals surface area contributed by atoms with Gasteiger partial charge in [0.25, 0.3) is 0 Å². The molecule has 1 aromatic carbocycles. The van der Waals surface area contributed by atoms with Crippen LogP contribution in [0.2, 0.25) is 5.02 Å². The van der Waals surface area contributed by atoms with E-state index < -0.39 is 0 Å². The fourth-order valence-electron chi connectivity index (χ4n) is 1.58. The van der Waals surface area contributed by atoms with Crippen molar-refractivity contribution in [1.82, 2.24) is 0 Å². The summed E-state index contributed by atoms with van der Waals surface area (Å²) < 4.78 is 5.52. The number of halogens is 1. The molecular formula is C12H19ClN2O. The molecule has 0 saturated carbocycles. The van der Waals surface area contributed by atoms with Crippen LogP contribution < -0.4 is 16.2 Å². The molecule has 0 aliphatic heterocycles. The van der Waals surface area contributed by atoms with Crippen LogP contribution in [0.5, 0.6) is 5.75 Å². The zero-order valence-electron chi connectivity index (χ0n) is 9.79. The van der Waals surface area contributed by atoms with E-state index in [1.165, 1.54) is 0 Å². The summed E-state index contributed by atoms with van der Waals surface area (Å²) in [5.41, 5.74) is 13.6. The van der Waals surface area contributed by atoms with E-state index in [1.54, 1.807) is 0 Å². The number of hydrogen-bond donors (Lipinski definition) is 2. The van der Waals surface area contributed by atoms with Crippen molar-refractivity contribution in [1.29, 1.82) is 0 Å². The molecule has 3 nitrogen and oxygen atoms in total. The minimum Gasteiger partial charge on any atom is -0.492 e. The van der Waals surface area contributed by atoms with Crippen molar-refractivity contribution in [2.24, 2.45) is 11.5 Å². The Labute approximate surface area is 102 Å². The van der Waals surface area contributed by atoms with Crippen molar-refractivity contribution < 1.29 is 4.74 Å². The van der Waals surface area contributed by atoms with Gasteiger partial charge in [0.15, 0.2) is 0 Å². The molecule has 16 heavy (non-hydrogen) atoms. The zero-order valence-corrected chi connectivity index (χ0v) is 10.6. The molecule has 90 valence electrons. The SMILES string of the molecule is CCOc1c(Cl)cc(CC)cc1C(N)CN. The predicted molar refractivity (Wildman–Crippen MR) is 68.0 cm³/mol. The van der Waals surface area contributed by atoms with E-state index in [1.807, 2.05) is 19.1 Å². The largest absolute Gasteiger partial charge is 0.492 e. The van der Waals surface area contributed by atoms with Crippen molar-refractivity contribution in [3.05, 3.63) is 28.3 Å². The first-order valence-corrected chi connectivity index (χ1v) is 5.92. The highest BCUT2D eigenvalue weighted by Gasteiger charge is 2.15. The smallest absolute Gasteiger partial charge is 0.142 e. The van der Waals surface area contributed by atoms with E-state index in [4.69, 9.17) is 27.8 Å². The maximum atomic E-state index is 6.17. The lowest BCUT2D eigenvalue weighted by molar-refractivity contribution is 0.334. The van der Waals surface area contributed by atoms with Gasteiger partial charge in [-0.25, -0.2) is 0 Å². The molecule has 0 heterocycles. The average Bonchev–Trinajstić information content (AvgIpc) is 2.30. The molecule has 0 aliphatic rings. The Bertz CT molecular complexity index is 355. The van der Waals surface area contributed by atoms with Gasteiger partial charge in [0, 0.05) is 18.2 Å². The Morgan fingerprint density at radius 1 is 1.38 bits per heavy atom. The van der Waals surface area contributed by atoms with E-state index in [2.05, 4.69) is 6.92 Å². The number of benzene rings is 1. The highest BCUT2D eigenvalue weighted by Crippen LogP contribution is 2.33. The van der Waals surface area contributed by atoms with E-state index in [9.17, 15) is 0 Å². The first-order valence-electron chi connectivity index (χ1n) is 5.54. The van der Waals surface area contributed by atoms with Crippen molar-refractivity contribution >= 4 is 11.6 Å². The topological polar surface area (TPSA) is 61.3 Å². The van der Waals surface area contributed by atoms with Crippen LogP contribution in [0.25, 0.3) is 0 Å². The average molecular weight is 243 g/mol. The van der Waals surface area contributed by atoms with E-state index in [-0.39, 0.29) is 6.04 Å². The summed E-state index contributed by atoms with van der Waals surface area (Å²) in [6, 6.07) is 3.71. The summed E-state index contributed by atoms with van der Waals surface area (Å²) >= 11 is 6.17. The van der Waals surface area contributed by atoms with Crippen LogP contribution in [-0.2, 0) is 6.42 Å². The van der Waals surface area contributed by atoms with Crippen molar-refractivity contribution in [2.75, 3.05) is 13.2 Å². The second-order valence-electron chi connectivity index (χ2n) is 3.62. The molecule has 1 rings (SSSR count). The molecule has 0 spiro atoms. The van der Waals surface area contributed by atoms with Crippen LogP contribution in [0.1, 0.15) is 31.0 Å². The minimum atomic E-state index is -0.231. The monoisotopic (exact) mass is 242 g/mol. The Hall–Kier alpha value is -0.770. The standard InChI is InChI=1S/C12H19ClN2O/c1-3-8-5-9(11(15)7-14)12(16-4-2)10(13)6-8/h5-6,11H,3-4,7,14-15H2,1-2H3. The van der Waals surface area contributed by atoms with E-state index >= 15 is 0 Å². The lowest BCUT2D eigenvalue weighted by atomic mass is 10.0. The molecular weight excluding hydrogens is 224 g/mol. The highest BCUT2D eigenvalue weighted by atomic mass is 35.5. The van der Waals surface area contributed by atoms with Crippen LogP contribution >= 0.6 is 11.6 Å². The molecule has 0 saturated heterocycles. The van der Waals surface area contributed by atoms with Gasteiger partial charge in [0.1, 0.15) is 5.75 Å². The second-order valence-corrected chi connectivity index (χ2v) is 4.03. The van der Waals surface area contributed by atoms with E-state index in [0.29, 0.717) is 23.9 Å². The zero-order chi connectivity index (χ0) is 12.1. The van der Waals surface area contributed by atoms with Crippen LogP contribution in [0.4, 0.5) is 0 Å². The third kappa shape index (κ3) is 2.88. The summed E-state index contributed by atoms with van der Waals surface area (Å²) in [5.74, 6) is 0.666. The van der Waals surface area contributed by atoms with Crippen molar-refractivity contribution in [3.8, 4) is 5.75 Å². The number of aryl methyl sites for hydroxylation is 1. The molecule has 1 atom stereocenters. The molecule has 0 radical (unpaired) electrons. The quantitative estimate of drug-likeness (QED) is 0.833. The van der Waals surface area contributed by atoms with Gasteiger partial charge in [0.2, 0.25) is 0 Å². The van der Waals surface area contributed by atoms with Crippen molar-refractivity contribution in [3.63, 3.8) is 0 Å². The Balaban J connectivity index is 3.22. The normalized spacial score (nSPS) is 12.6. The first-order chi connectivity index (χ1) is 7.63. The fraction of sp³-hybridized carbons (Fsp3) is 0.500. The van der Waals surface area contributed by atoms with Crippen LogP contribution in [0, 0.1) is 0 Å². The van der Waals surface area contributed by atoms with E-state index in [0.717, 1.165) is 17.5 Å². The van der Waals surface area contributed by atoms with Gasteiger partial charge >= 0.3 is 0 Å². The summed E-state index contributed by atoms with van der Waals surface area (Å²) in [6.45, 7) is 4.94. The molecule has 0 aromatic heterocycles. The Morgan fingerprint density at radius 2 is 2.06 bits per heavy atom. The number of ether oxygens (including phenoxy) is 1. The summed E-state index contributed by atoms with van der Waals surface area (Å²) in [6.07, 6.45) is 0.913. The highest BCUT2D eigenvalue weighted by molar-refractivity contribution is 6.32. The second kappa shape index (κ2) is 6.09. The molecule has 0 fully saturated rings. The summed E-state index contributed by atoms with van der Waals surface area (Å²) in [4.78, 5) is 0.